The number of nitrogens with zero attached hydrogens (tertiary/aromatic N) is 2. The third-order valence-electron chi connectivity index (χ3n) is 3.61. The van der Waals surface area contributed by atoms with E-state index in [1.54, 1.807) is 6.07 Å². The van der Waals surface area contributed by atoms with Crippen LogP contribution in [0.4, 0.5) is 0 Å². The molecule has 0 spiro atoms. The highest BCUT2D eigenvalue weighted by Gasteiger charge is 2.21. The molecule has 0 radical (unpaired) electrons. The molecule has 1 atom stereocenters. The van der Waals surface area contributed by atoms with Crippen molar-refractivity contribution in [3.63, 3.8) is 0 Å². The van der Waals surface area contributed by atoms with Crippen molar-refractivity contribution < 1.29 is 0 Å². The Morgan fingerprint density at radius 3 is 2.53 bits per heavy atom. The van der Waals surface area contributed by atoms with Gasteiger partial charge in [-0.25, -0.2) is 0 Å². The predicted molar refractivity (Wildman–Crippen MR) is 82.1 cm³/mol. The Labute approximate surface area is 125 Å². The molecule has 0 amide bonds. The molecule has 5 heteroatoms. The first kappa shape index (κ1) is 15.1. The number of hydrogen-bond acceptors (Lipinski definition) is 3. The van der Waals surface area contributed by atoms with Crippen LogP contribution in [0.1, 0.15) is 5.56 Å². The van der Waals surface area contributed by atoms with Crippen LogP contribution in [0, 0.1) is 0 Å². The second kappa shape index (κ2) is 6.91. The van der Waals surface area contributed by atoms with Gasteiger partial charge in [-0.2, -0.15) is 0 Å². The van der Waals surface area contributed by atoms with E-state index in [1.165, 1.54) is 0 Å². The molecule has 1 heterocycles. The minimum atomic E-state index is 0.563. The molecule has 1 aliphatic heterocycles. The number of piperazine rings is 1. The fraction of sp³-hybridized carbons (Fsp3) is 0.571. The van der Waals surface area contributed by atoms with E-state index < -0.39 is 0 Å². The molecule has 1 saturated heterocycles. The van der Waals surface area contributed by atoms with Gasteiger partial charge in [0.15, 0.2) is 0 Å². The molecule has 19 heavy (non-hydrogen) atoms. The van der Waals surface area contributed by atoms with Crippen LogP contribution in [0.5, 0.6) is 0 Å². The lowest BCUT2D eigenvalue weighted by molar-refractivity contribution is 0.113. The second-order valence-corrected chi connectivity index (χ2v) is 6.18. The van der Waals surface area contributed by atoms with Crippen molar-refractivity contribution in [2.24, 2.45) is 0 Å². The van der Waals surface area contributed by atoms with Gasteiger partial charge in [-0.1, -0.05) is 23.2 Å². The smallest absolute Gasteiger partial charge is 0.0424 e. The highest BCUT2D eigenvalue weighted by atomic mass is 35.5. The van der Waals surface area contributed by atoms with Crippen LogP contribution in [-0.4, -0.2) is 56.1 Å². The van der Waals surface area contributed by atoms with Crippen molar-refractivity contribution in [3.8, 4) is 0 Å². The van der Waals surface area contributed by atoms with Gasteiger partial charge in [0.1, 0.15) is 0 Å². The first-order valence-electron chi connectivity index (χ1n) is 6.59. The molecule has 1 aromatic rings. The summed E-state index contributed by atoms with van der Waals surface area (Å²) in [4.78, 5) is 4.79. The van der Waals surface area contributed by atoms with Crippen molar-refractivity contribution in [2.75, 3.05) is 40.3 Å². The van der Waals surface area contributed by atoms with E-state index in [2.05, 4.69) is 29.2 Å². The minimum absolute atomic E-state index is 0.563. The van der Waals surface area contributed by atoms with Gasteiger partial charge in [0.25, 0.3) is 0 Å². The van der Waals surface area contributed by atoms with E-state index in [4.69, 9.17) is 23.2 Å². The van der Waals surface area contributed by atoms with Crippen molar-refractivity contribution in [3.05, 3.63) is 33.8 Å². The lowest BCUT2D eigenvalue weighted by atomic mass is 10.1. The summed E-state index contributed by atoms with van der Waals surface area (Å²) < 4.78 is 0. The largest absolute Gasteiger partial charge is 0.311 e. The van der Waals surface area contributed by atoms with E-state index in [0.717, 1.165) is 38.3 Å². The molecule has 1 unspecified atom stereocenters. The van der Waals surface area contributed by atoms with Crippen LogP contribution in [0.2, 0.25) is 10.0 Å². The molecule has 0 saturated carbocycles. The van der Waals surface area contributed by atoms with Crippen LogP contribution >= 0.6 is 23.2 Å². The average Bonchev–Trinajstić information content (AvgIpc) is 2.32. The first-order chi connectivity index (χ1) is 9.04. The summed E-state index contributed by atoms with van der Waals surface area (Å²) in [6.45, 7) is 5.17. The number of benzene rings is 1. The van der Waals surface area contributed by atoms with Crippen LogP contribution in [0.15, 0.2) is 18.2 Å². The molecular formula is C14H21Cl2N3. The number of likely N-dealkylation sites (N-methyl/N-ethyl adjacent to an activating group) is 2. The SMILES string of the molecule is CN1CCN(C)C(CNCc2cc(Cl)cc(Cl)c2)C1. The molecule has 1 aliphatic rings. The van der Waals surface area contributed by atoms with Gasteiger partial charge in [-0.05, 0) is 37.9 Å². The Morgan fingerprint density at radius 1 is 1.16 bits per heavy atom. The fourth-order valence-corrected chi connectivity index (χ4v) is 2.99. The second-order valence-electron chi connectivity index (χ2n) is 5.31. The highest BCUT2D eigenvalue weighted by Crippen LogP contribution is 2.18. The van der Waals surface area contributed by atoms with Gasteiger partial charge >= 0.3 is 0 Å². The Bertz CT molecular complexity index is 405. The van der Waals surface area contributed by atoms with Crippen molar-refractivity contribution in [1.29, 1.82) is 0 Å². The summed E-state index contributed by atoms with van der Waals surface area (Å²) in [5.41, 5.74) is 1.13. The Morgan fingerprint density at radius 2 is 1.84 bits per heavy atom. The predicted octanol–water partition coefficient (Wildman–Crippen LogP) is 2.33. The van der Waals surface area contributed by atoms with E-state index >= 15 is 0 Å². The van der Waals surface area contributed by atoms with E-state index in [1.807, 2.05) is 12.1 Å². The summed E-state index contributed by atoms with van der Waals surface area (Å²) in [5.74, 6) is 0. The molecular weight excluding hydrogens is 281 g/mol. The Hall–Kier alpha value is -0.320. The third kappa shape index (κ3) is 4.62. The maximum atomic E-state index is 5.99. The van der Waals surface area contributed by atoms with Crippen LogP contribution < -0.4 is 5.32 Å². The Balaban J connectivity index is 1.82. The van der Waals surface area contributed by atoms with Crippen molar-refractivity contribution in [1.82, 2.24) is 15.1 Å². The molecule has 0 aliphatic carbocycles. The molecule has 0 bridgehead atoms. The lowest BCUT2D eigenvalue weighted by Crippen LogP contribution is -2.53. The Kier molecular flexibility index (Phi) is 5.48. The van der Waals surface area contributed by atoms with Crippen molar-refractivity contribution in [2.45, 2.75) is 12.6 Å². The molecule has 3 nitrogen and oxygen atoms in total. The molecule has 0 aromatic heterocycles. The van der Waals surface area contributed by atoms with Gasteiger partial charge in [0.2, 0.25) is 0 Å². The van der Waals surface area contributed by atoms with Gasteiger partial charge in [-0.15, -0.1) is 0 Å². The normalized spacial score (nSPS) is 21.8. The van der Waals surface area contributed by atoms with Crippen LogP contribution in [0.3, 0.4) is 0 Å². The molecule has 2 rings (SSSR count). The zero-order valence-electron chi connectivity index (χ0n) is 11.5. The minimum Gasteiger partial charge on any atom is -0.311 e. The average molecular weight is 302 g/mol. The number of halogens is 2. The number of hydrogen-bond donors (Lipinski definition) is 1. The van der Waals surface area contributed by atoms with E-state index in [9.17, 15) is 0 Å². The monoisotopic (exact) mass is 301 g/mol. The topological polar surface area (TPSA) is 18.5 Å². The zero-order chi connectivity index (χ0) is 13.8. The van der Waals surface area contributed by atoms with Gasteiger partial charge < -0.3 is 10.2 Å². The molecule has 1 aromatic carbocycles. The fourth-order valence-electron chi connectivity index (χ4n) is 2.42. The van der Waals surface area contributed by atoms with Crippen LogP contribution in [-0.2, 0) is 6.54 Å². The van der Waals surface area contributed by atoms with Gasteiger partial charge in [0, 0.05) is 48.8 Å². The van der Waals surface area contributed by atoms with Crippen LogP contribution in [0.25, 0.3) is 0 Å². The standard InChI is InChI=1S/C14H21Cl2N3/c1-18-3-4-19(2)14(10-18)9-17-8-11-5-12(15)7-13(16)6-11/h5-7,14,17H,3-4,8-10H2,1-2H3. The number of nitrogens with one attached hydrogen (secondary N) is 1. The zero-order valence-corrected chi connectivity index (χ0v) is 13.0. The van der Waals surface area contributed by atoms with E-state index in [0.29, 0.717) is 16.1 Å². The maximum Gasteiger partial charge on any atom is 0.0424 e. The third-order valence-corrected chi connectivity index (χ3v) is 4.05. The lowest BCUT2D eigenvalue weighted by Gasteiger charge is -2.37. The summed E-state index contributed by atoms with van der Waals surface area (Å²) in [6, 6.07) is 6.23. The summed E-state index contributed by atoms with van der Waals surface area (Å²) in [5, 5.41) is 4.88. The summed E-state index contributed by atoms with van der Waals surface area (Å²) in [7, 11) is 4.37. The summed E-state index contributed by atoms with van der Waals surface area (Å²) in [6.07, 6.45) is 0. The number of rotatable bonds is 4. The van der Waals surface area contributed by atoms with Gasteiger partial charge in [0.05, 0.1) is 0 Å². The summed E-state index contributed by atoms with van der Waals surface area (Å²) >= 11 is 12.0. The van der Waals surface area contributed by atoms with Crippen molar-refractivity contribution >= 4 is 23.2 Å². The maximum absolute atomic E-state index is 5.99. The van der Waals surface area contributed by atoms with E-state index in [-0.39, 0.29) is 0 Å². The molecule has 106 valence electrons. The highest BCUT2D eigenvalue weighted by molar-refractivity contribution is 6.34. The van der Waals surface area contributed by atoms with Gasteiger partial charge in [-0.3, -0.25) is 4.90 Å². The quantitative estimate of drug-likeness (QED) is 0.921. The molecule has 1 N–H and O–H groups in total. The molecule has 1 fully saturated rings. The first-order valence-corrected chi connectivity index (χ1v) is 7.34.